The van der Waals surface area contributed by atoms with Gasteiger partial charge in [0.15, 0.2) is 6.10 Å². The van der Waals surface area contributed by atoms with E-state index < -0.39 is 84.3 Å². The highest BCUT2D eigenvalue weighted by Crippen LogP contribution is 2.29. The average Bonchev–Trinajstić information content (AvgIpc) is 2.83. The van der Waals surface area contributed by atoms with Gasteiger partial charge in [0.05, 0.1) is 12.0 Å². The Morgan fingerprint density at radius 1 is 1.00 bits per heavy atom. The van der Waals surface area contributed by atoms with Gasteiger partial charge in [-0.15, -0.1) is 0 Å². The molecule has 1 fully saturated rings. The fraction of sp³-hybridized carbons (Fsp3) is 0.500. The molecule has 1 heterocycles. The van der Waals surface area contributed by atoms with Gasteiger partial charge in [0.2, 0.25) is 6.29 Å². The lowest BCUT2D eigenvalue weighted by atomic mass is 9.95. The van der Waals surface area contributed by atoms with Gasteiger partial charge in [0.25, 0.3) is 11.6 Å². The molecule has 15 heteroatoms. The van der Waals surface area contributed by atoms with Gasteiger partial charge in [0, 0.05) is 26.8 Å². The molecule has 0 aromatic heterocycles. The molecular formula is C22H26N2O13. The number of benzene rings is 1. The molecule has 15 nitrogen and oxygen atoms in total. The second-order valence-electron chi connectivity index (χ2n) is 7.65. The zero-order valence-electron chi connectivity index (χ0n) is 20.4. The van der Waals surface area contributed by atoms with Crippen LogP contribution >= 0.6 is 0 Å². The third-order valence-corrected chi connectivity index (χ3v) is 4.95. The summed E-state index contributed by atoms with van der Waals surface area (Å²) in [7, 11) is 1.10. The number of para-hydroxylation sites is 1. The number of amides is 1. The van der Waals surface area contributed by atoms with Crippen molar-refractivity contribution in [2.45, 2.75) is 51.4 Å². The van der Waals surface area contributed by atoms with Gasteiger partial charge in [-0.05, 0) is 6.07 Å². The lowest BCUT2D eigenvalue weighted by Gasteiger charge is -2.44. The summed E-state index contributed by atoms with van der Waals surface area (Å²) in [5.74, 6) is -4.18. The molecule has 202 valence electrons. The van der Waals surface area contributed by atoms with E-state index in [-0.39, 0.29) is 5.56 Å². The zero-order chi connectivity index (χ0) is 27.7. The molecule has 37 heavy (non-hydrogen) atoms. The van der Waals surface area contributed by atoms with Crippen molar-refractivity contribution in [1.29, 1.82) is 0 Å². The summed E-state index contributed by atoms with van der Waals surface area (Å²) in [6.45, 7) is 2.07. The fourth-order valence-corrected chi connectivity index (χ4v) is 3.46. The molecule has 1 aliphatic heterocycles. The van der Waals surface area contributed by atoms with Crippen LogP contribution in [0.15, 0.2) is 24.3 Å². The van der Waals surface area contributed by atoms with E-state index >= 15 is 0 Å². The Labute approximate surface area is 210 Å². The Morgan fingerprint density at radius 3 is 2.22 bits per heavy atom. The van der Waals surface area contributed by atoms with E-state index in [1.165, 1.54) is 18.2 Å². The summed E-state index contributed by atoms with van der Waals surface area (Å²) in [6, 6.07) is 3.59. The van der Waals surface area contributed by atoms with Gasteiger partial charge in [-0.25, -0.2) is 4.79 Å². The van der Waals surface area contributed by atoms with Crippen molar-refractivity contribution < 1.29 is 57.3 Å². The maximum absolute atomic E-state index is 13.1. The largest absolute Gasteiger partial charge is 0.467 e. The standard InChI is InChI=1S/C22H26N2O13/c1-11(25)33-9-16-19(35-12(2)26)20(34-10-17(28)32-4)18(22(37-16)36-13(3)27)23-21(29)14-7-5-6-8-15(14)24(30)31/h5-8,16,18-20,22H,9-10H2,1-4H3,(H,23,29). The Morgan fingerprint density at radius 2 is 1.65 bits per heavy atom. The van der Waals surface area contributed by atoms with Gasteiger partial charge in [0.1, 0.15) is 37.0 Å². The number of esters is 4. The van der Waals surface area contributed by atoms with Crippen molar-refractivity contribution in [2.75, 3.05) is 20.3 Å². The van der Waals surface area contributed by atoms with Crippen LogP contribution in [0.3, 0.4) is 0 Å². The first kappa shape index (κ1) is 29.1. The highest BCUT2D eigenvalue weighted by Gasteiger charge is 2.51. The molecule has 0 spiro atoms. The predicted octanol–water partition coefficient (Wildman–Crippen LogP) is 0.0342. The Hall–Kier alpha value is -4.11. The van der Waals surface area contributed by atoms with Gasteiger partial charge in [-0.2, -0.15) is 0 Å². The molecule has 1 aromatic carbocycles. The molecule has 0 aliphatic carbocycles. The molecule has 5 atom stereocenters. The van der Waals surface area contributed by atoms with E-state index in [2.05, 4.69) is 10.1 Å². The molecule has 1 aliphatic rings. The van der Waals surface area contributed by atoms with Crippen LogP contribution in [0.25, 0.3) is 0 Å². The minimum absolute atomic E-state index is 0.341. The fourth-order valence-electron chi connectivity index (χ4n) is 3.46. The van der Waals surface area contributed by atoms with Crippen LogP contribution in [0.2, 0.25) is 0 Å². The first-order chi connectivity index (χ1) is 17.4. The Bertz CT molecular complexity index is 1040. The quantitative estimate of drug-likeness (QED) is 0.186. The highest BCUT2D eigenvalue weighted by atomic mass is 16.7. The molecule has 1 N–H and O–H groups in total. The third kappa shape index (κ3) is 8.22. The topological polar surface area (TPSA) is 196 Å². The lowest BCUT2D eigenvalue weighted by molar-refractivity contribution is -0.385. The summed E-state index contributed by atoms with van der Waals surface area (Å²) in [5, 5.41) is 13.8. The van der Waals surface area contributed by atoms with Crippen molar-refractivity contribution in [3.63, 3.8) is 0 Å². The predicted molar refractivity (Wildman–Crippen MR) is 119 cm³/mol. The molecule has 0 bridgehead atoms. The monoisotopic (exact) mass is 526 g/mol. The Kier molecular flexibility index (Phi) is 10.4. The molecule has 0 saturated carbocycles. The minimum Gasteiger partial charge on any atom is -0.467 e. The molecular weight excluding hydrogens is 500 g/mol. The summed E-state index contributed by atoms with van der Waals surface area (Å²) in [4.78, 5) is 70.6. The SMILES string of the molecule is COC(=O)COC1C(NC(=O)c2ccccc2[N+](=O)[O-])C(OC(C)=O)OC(COC(C)=O)C1OC(C)=O. The number of nitro benzene ring substituents is 1. The number of rotatable bonds is 10. The number of carbonyl (C=O) groups excluding carboxylic acids is 5. The van der Waals surface area contributed by atoms with E-state index in [1.54, 1.807) is 0 Å². The minimum atomic E-state index is -1.61. The zero-order valence-corrected chi connectivity index (χ0v) is 20.4. The van der Waals surface area contributed by atoms with Gasteiger partial charge in [-0.1, -0.05) is 12.1 Å². The van der Waals surface area contributed by atoms with Crippen molar-refractivity contribution >= 4 is 35.5 Å². The maximum atomic E-state index is 13.1. The number of hydrogen-bond donors (Lipinski definition) is 1. The smallest absolute Gasteiger partial charge is 0.331 e. The molecule has 1 amide bonds. The van der Waals surface area contributed by atoms with Crippen LogP contribution in [-0.2, 0) is 47.6 Å². The number of carbonyl (C=O) groups is 5. The van der Waals surface area contributed by atoms with Crippen LogP contribution < -0.4 is 5.32 Å². The first-order valence-corrected chi connectivity index (χ1v) is 10.8. The highest BCUT2D eigenvalue weighted by molar-refractivity contribution is 5.98. The van der Waals surface area contributed by atoms with E-state index in [9.17, 15) is 34.1 Å². The number of methoxy groups -OCH3 is 1. The molecule has 0 radical (unpaired) electrons. The van der Waals surface area contributed by atoms with E-state index in [4.69, 9.17) is 23.7 Å². The normalized spacial score (nSPS) is 22.8. The van der Waals surface area contributed by atoms with Gasteiger partial charge >= 0.3 is 23.9 Å². The first-order valence-electron chi connectivity index (χ1n) is 10.8. The Balaban J connectivity index is 2.53. The van der Waals surface area contributed by atoms with E-state index in [1.807, 2.05) is 0 Å². The van der Waals surface area contributed by atoms with E-state index in [0.29, 0.717) is 0 Å². The van der Waals surface area contributed by atoms with Crippen molar-refractivity contribution in [3.05, 3.63) is 39.9 Å². The average molecular weight is 526 g/mol. The van der Waals surface area contributed by atoms with E-state index in [0.717, 1.165) is 33.9 Å². The van der Waals surface area contributed by atoms with Crippen molar-refractivity contribution in [1.82, 2.24) is 5.32 Å². The molecule has 1 saturated heterocycles. The van der Waals surface area contributed by atoms with Crippen LogP contribution in [0.5, 0.6) is 0 Å². The van der Waals surface area contributed by atoms with Crippen LogP contribution in [-0.4, -0.2) is 85.7 Å². The van der Waals surface area contributed by atoms with Crippen LogP contribution in [0.4, 0.5) is 5.69 Å². The van der Waals surface area contributed by atoms with Gasteiger partial charge in [-0.3, -0.25) is 29.3 Å². The molecule has 2 rings (SSSR count). The second kappa shape index (κ2) is 13.3. The van der Waals surface area contributed by atoms with Gasteiger partial charge < -0.3 is 33.7 Å². The summed E-state index contributed by atoms with van der Waals surface area (Å²) < 4.78 is 31.3. The maximum Gasteiger partial charge on any atom is 0.331 e. The number of nitrogens with zero attached hydrogens (tertiary/aromatic N) is 1. The summed E-state index contributed by atoms with van der Waals surface area (Å²) in [6.07, 6.45) is -5.71. The number of hydrogen-bond acceptors (Lipinski definition) is 13. The van der Waals surface area contributed by atoms with Crippen LogP contribution in [0.1, 0.15) is 31.1 Å². The third-order valence-electron chi connectivity index (χ3n) is 4.95. The van der Waals surface area contributed by atoms with Crippen LogP contribution in [0, 0.1) is 10.1 Å². The lowest BCUT2D eigenvalue weighted by Crippen LogP contribution is -2.66. The number of nitrogens with one attached hydrogen (secondary N) is 1. The molecule has 5 unspecified atom stereocenters. The van der Waals surface area contributed by atoms with Crippen molar-refractivity contribution in [2.24, 2.45) is 0 Å². The summed E-state index contributed by atoms with van der Waals surface area (Å²) in [5.41, 5.74) is -0.857. The number of ether oxygens (including phenoxy) is 6. The van der Waals surface area contributed by atoms with Crippen molar-refractivity contribution in [3.8, 4) is 0 Å². The molecule has 1 aromatic rings. The number of nitro groups is 1. The second-order valence-corrected chi connectivity index (χ2v) is 7.65. The summed E-state index contributed by atoms with van der Waals surface area (Å²) >= 11 is 0.